The Kier molecular flexibility index (Phi) is 9.51. The molecule has 2 aromatic rings. The van der Waals surface area contributed by atoms with Crippen LogP contribution in [-0.4, -0.2) is 34.9 Å². The zero-order valence-electron chi connectivity index (χ0n) is 22.2. The second-order valence-electron chi connectivity index (χ2n) is 9.55. The second-order valence-corrected chi connectivity index (χ2v) is 9.55. The smallest absolute Gasteiger partial charge is 0.271 e. The first kappa shape index (κ1) is 27.3. The van der Waals surface area contributed by atoms with E-state index in [1.807, 2.05) is 36.4 Å². The summed E-state index contributed by atoms with van der Waals surface area (Å²) in [6, 6.07) is 16.2. The van der Waals surface area contributed by atoms with E-state index < -0.39 is 11.8 Å². The number of allylic oxidation sites excluding steroid dienone is 2. The molecule has 2 amide bonds. The molecular weight excluding hydrogens is 448 g/mol. The average Bonchev–Trinajstić information content (AvgIpc) is 3.38. The van der Waals surface area contributed by atoms with Gasteiger partial charge in [-0.05, 0) is 55.7 Å². The average molecular weight is 489 g/mol. The van der Waals surface area contributed by atoms with E-state index >= 15 is 0 Å². The Morgan fingerprint density at radius 1 is 1.03 bits per heavy atom. The molecule has 0 unspecified atom stereocenters. The summed E-state index contributed by atoms with van der Waals surface area (Å²) < 4.78 is 0. The van der Waals surface area contributed by atoms with Crippen molar-refractivity contribution >= 4 is 17.5 Å². The summed E-state index contributed by atoms with van der Waals surface area (Å²) in [6.07, 6.45) is 4.79. The molecule has 0 spiro atoms. The molecule has 0 radical (unpaired) electrons. The third-order valence-electron chi connectivity index (χ3n) is 7.06. The number of nitrogens with zero attached hydrogens (tertiary/aromatic N) is 2. The first-order valence-electron chi connectivity index (χ1n) is 13.2. The van der Waals surface area contributed by atoms with Gasteiger partial charge in [-0.15, -0.1) is 0 Å². The molecule has 1 aliphatic heterocycles. The zero-order valence-corrected chi connectivity index (χ0v) is 22.2. The van der Waals surface area contributed by atoms with Crippen LogP contribution in [0.15, 0.2) is 72.1 Å². The number of aryl methyl sites for hydroxylation is 2. The van der Waals surface area contributed by atoms with Gasteiger partial charge in [0.1, 0.15) is 11.3 Å². The van der Waals surface area contributed by atoms with Crippen LogP contribution in [-0.2, 0) is 22.4 Å². The van der Waals surface area contributed by atoms with E-state index in [1.54, 1.807) is 9.80 Å². The van der Waals surface area contributed by atoms with Gasteiger partial charge in [0.05, 0.1) is 5.69 Å². The first-order valence-corrected chi connectivity index (χ1v) is 13.2. The molecule has 0 aromatic heterocycles. The maximum absolute atomic E-state index is 14.2. The van der Waals surface area contributed by atoms with Crippen molar-refractivity contribution in [2.75, 3.05) is 18.0 Å². The number of aliphatic hydroxyl groups is 1. The molecule has 0 saturated carbocycles. The topological polar surface area (TPSA) is 60.9 Å². The van der Waals surface area contributed by atoms with Crippen molar-refractivity contribution in [2.24, 2.45) is 0 Å². The van der Waals surface area contributed by atoms with Gasteiger partial charge in [-0.1, -0.05) is 82.3 Å². The number of carbonyl (C=O) groups excluding carboxylic acids is 2. The lowest BCUT2D eigenvalue weighted by atomic mass is 9.98. The molecule has 0 bridgehead atoms. The van der Waals surface area contributed by atoms with Gasteiger partial charge in [0.15, 0.2) is 0 Å². The lowest BCUT2D eigenvalue weighted by Crippen LogP contribution is -2.40. The fraction of sp³-hybridized carbons (Fsp3) is 0.419. The van der Waals surface area contributed by atoms with E-state index in [1.165, 1.54) is 12.5 Å². The third kappa shape index (κ3) is 5.89. The molecule has 1 N–H and O–H groups in total. The number of anilines is 1. The molecule has 1 saturated heterocycles. The predicted octanol–water partition coefficient (Wildman–Crippen LogP) is 6.70. The van der Waals surface area contributed by atoms with Crippen molar-refractivity contribution in [3.05, 3.63) is 88.8 Å². The lowest BCUT2D eigenvalue weighted by Gasteiger charge is -2.31. The maximum Gasteiger partial charge on any atom is 0.271 e. The molecule has 3 rings (SSSR count). The summed E-state index contributed by atoms with van der Waals surface area (Å²) in [5.41, 5.74) is 4.50. The molecule has 1 aliphatic rings. The van der Waals surface area contributed by atoms with Crippen LogP contribution < -0.4 is 4.90 Å². The Morgan fingerprint density at radius 2 is 1.67 bits per heavy atom. The standard InChI is InChI=1S/C31H40N2O3/c1-6-9-14-22(4)33(29-24(7-2)17-13-18-25(29)8-3)31(36)28(23(5)34)30(35)32-20-19-27(21-32)26-15-11-10-12-16-26/h10-13,15-18,27,34H,4,6-9,14,19-21H2,1-3,5H3/t27-/m0/s1. The van der Waals surface area contributed by atoms with Crippen molar-refractivity contribution in [1.29, 1.82) is 0 Å². The second kappa shape index (κ2) is 12.6. The van der Waals surface area contributed by atoms with Gasteiger partial charge in [0, 0.05) is 24.7 Å². The molecule has 192 valence electrons. The van der Waals surface area contributed by atoms with Gasteiger partial charge in [0.25, 0.3) is 11.8 Å². The van der Waals surface area contributed by atoms with Gasteiger partial charge in [0.2, 0.25) is 0 Å². The fourth-order valence-electron chi connectivity index (χ4n) is 5.01. The molecule has 0 aliphatic carbocycles. The van der Waals surface area contributed by atoms with E-state index in [2.05, 4.69) is 39.5 Å². The van der Waals surface area contributed by atoms with Crippen LogP contribution in [0.1, 0.15) is 76.0 Å². The molecule has 2 aromatic carbocycles. The summed E-state index contributed by atoms with van der Waals surface area (Å²) in [4.78, 5) is 31.2. The molecule has 1 fully saturated rings. The van der Waals surface area contributed by atoms with Crippen molar-refractivity contribution < 1.29 is 14.7 Å². The highest BCUT2D eigenvalue weighted by Gasteiger charge is 2.36. The molecule has 5 nitrogen and oxygen atoms in total. The van der Waals surface area contributed by atoms with Gasteiger partial charge in [-0.2, -0.15) is 0 Å². The van der Waals surface area contributed by atoms with Crippen molar-refractivity contribution in [3.8, 4) is 0 Å². The van der Waals surface area contributed by atoms with E-state index in [-0.39, 0.29) is 17.3 Å². The lowest BCUT2D eigenvalue weighted by molar-refractivity contribution is -0.129. The number of carbonyl (C=O) groups is 2. The maximum atomic E-state index is 14.2. The number of hydrogen-bond acceptors (Lipinski definition) is 3. The number of aliphatic hydroxyl groups excluding tert-OH is 1. The van der Waals surface area contributed by atoms with Crippen molar-refractivity contribution in [1.82, 2.24) is 4.90 Å². The Labute approximate surface area is 216 Å². The van der Waals surface area contributed by atoms with Gasteiger partial charge in [-0.25, -0.2) is 0 Å². The number of likely N-dealkylation sites (tertiary alicyclic amines) is 1. The normalized spacial score (nSPS) is 16.0. The number of unbranched alkanes of at least 4 members (excludes halogenated alkanes) is 1. The van der Waals surface area contributed by atoms with Gasteiger partial charge in [-0.3, -0.25) is 14.5 Å². The summed E-state index contributed by atoms with van der Waals surface area (Å²) >= 11 is 0. The zero-order chi connectivity index (χ0) is 26.2. The minimum Gasteiger partial charge on any atom is -0.512 e. The Bertz CT molecular complexity index is 1090. The summed E-state index contributed by atoms with van der Waals surface area (Å²) in [5, 5.41) is 10.7. The fourth-order valence-corrected chi connectivity index (χ4v) is 5.01. The third-order valence-corrected chi connectivity index (χ3v) is 7.06. The SMILES string of the molecule is C=C(CCCC)N(C(=O)C(C(=O)N1CC[C@H](c2ccccc2)C1)=C(C)O)c1c(CC)cccc1CC. The van der Waals surface area contributed by atoms with Crippen LogP contribution in [0.4, 0.5) is 5.69 Å². The van der Waals surface area contributed by atoms with Crippen molar-refractivity contribution in [3.63, 3.8) is 0 Å². The largest absolute Gasteiger partial charge is 0.512 e. The van der Waals surface area contributed by atoms with Crippen LogP contribution in [0.3, 0.4) is 0 Å². The Balaban J connectivity index is 1.99. The van der Waals surface area contributed by atoms with E-state index in [0.717, 1.165) is 48.9 Å². The van der Waals surface area contributed by atoms with Crippen LogP contribution >= 0.6 is 0 Å². The van der Waals surface area contributed by atoms with E-state index in [4.69, 9.17) is 0 Å². The summed E-state index contributed by atoms with van der Waals surface area (Å²) in [7, 11) is 0. The van der Waals surface area contributed by atoms with E-state index in [9.17, 15) is 14.7 Å². The minimum atomic E-state index is -0.500. The minimum absolute atomic E-state index is 0.172. The quantitative estimate of drug-likeness (QED) is 0.175. The highest BCUT2D eigenvalue weighted by molar-refractivity contribution is 6.25. The Morgan fingerprint density at radius 3 is 2.22 bits per heavy atom. The number of amides is 2. The highest BCUT2D eigenvalue weighted by Crippen LogP contribution is 2.34. The van der Waals surface area contributed by atoms with E-state index in [0.29, 0.717) is 25.2 Å². The number of hydrogen-bond donors (Lipinski definition) is 1. The van der Waals surface area contributed by atoms with Gasteiger partial charge < -0.3 is 10.0 Å². The van der Waals surface area contributed by atoms with Crippen molar-refractivity contribution in [2.45, 2.75) is 72.1 Å². The molecular formula is C31H40N2O3. The highest BCUT2D eigenvalue weighted by atomic mass is 16.3. The summed E-state index contributed by atoms with van der Waals surface area (Å²) in [5.74, 6) is -0.958. The van der Waals surface area contributed by atoms with Gasteiger partial charge >= 0.3 is 0 Å². The van der Waals surface area contributed by atoms with Crippen LogP contribution in [0.25, 0.3) is 0 Å². The summed E-state index contributed by atoms with van der Waals surface area (Å²) in [6.45, 7) is 13.0. The molecule has 36 heavy (non-hydrogen) atoms. The molecule has 5 heteroatoms. The first-order chi connectivity index (χ1) is 17.3. The number of rotatable bonds is 10. The molecule has 1 heterocycles. The number of benzene rings is 2. The van der Waals surface area contributed by atoms with Crippen LogP contribution in [0, 0.1) is 0 Å². The monoisotopic (exact) mass is 488 g/mol. The Hall–Kier alpha value is -3.34. The predicted molar refractivity (Wildman–Crippen MR) is 147 cm³/mol. The van der Waals surface area contributed by atoms with Crippen LogP contribution in [0.2, 0.25) is 0 Å². The molecule has 1 atom stereocenters. The number of para-hydroxylation sites is 1. The van der Waals surface area contributed by atoms with Crippen LogP contribution in [0.5, 0.6) is 0 Å².